The molecule has 2 fully saturated rings. The second-order valence-electron chi connectivity index (χ2n) is 4.87. The van der Waals surface area contributed by atoms with Crippen molar-refractivity contribution in [3.8, 4) is 0 Å². The van der Waals surface area contributed by atoms with Crippen molar-refractivity contribution in [1.29, 1.82) is 0 Å². The van der Waals surface area contributed by atoms with Crippen LogP contribution in [-0.2, 0) is 10.3 Å². The Morgan fingerprint density at radius 3 is 2.60 bits per heavy atom. The maximum atomic E-state index is 6.32. The molecule has 0 amide bonds. The van der Waals surface area contributed by atoms with E-state index in [0.29, 0.717) is 5.92 Å². The van der Waals surface area contributed by atoms with Gasteiger partial charge in [-0.15, -0.1) is 0 Å². The standard InChI is InChI=1S/C13H17NO/c14-13(5-2-6-13)12-4-1-3-10(7-12)11-8-15-9-11/h1,3-4,7,11H,2,5-6,8-9,14H2. The molecule has 0 unspecified atom stereocenters. The Kier molecular flexibility index (Phi) is 2.08. The Labute approximate surface area is 90.4 Å². The van der Waals surface area contributed by atoms with Gasteiger partial charge in [-0.1, -0.05) is 24.3 Å². The molecule has 3 rings (SSSR count). The maximum absolute atomic E-state index is 6.32. The van der Waals surface area contributed by atoms with Gasteiger partial charge in [0, 0.05) is 11.5 Å². The summed E-state index contributed by atoms with van der Waals surface area (Å²) in [5.41, 5.74) is 9.01. The molecular formula is C13H17NO. The molecule has 15 heavy (non-hydrogen) atoms. The van der Waals surface area contributed by atoms with Gasteiger partial charge in [0.2, 0.25) is 0 Å². The Balaban J connectivity index is 1.88. The molecular weight excluding hydrogens is 186 g/mol. The number of hydrogen-bond acceptors (Lipinski definition) is 2. The van der Waals surface area contributed by atoms with E-state index in [1.54, 1.807) is 0 Å². The number of benzene rings is 1. The summed E-state index contributed by atoms with van der Waals surface area (Å²) >= 11 is 0. The summed E-state index contributed by atoms with van der Waals surface area (Å²) in [6.45, 7) is 1.75. The molecule has 80 valence electrons. The quantitative estimate of drug-likeness (QED) is 0.799. The third-order valence-electron chi connectivity index (χ3n) is 3.82. The fraction of sp³-hybridized carbons (Fsp3) is 0.538. The first-order valence-electron chi connectivity index (χ1n) is 5.75. The smallest absolute Gasteiger partial charge is 0.0557 e. The molecule has 1 saturated heterocycles. The van der Waals surface area contributed by atoms with Crippen molar-refractivity contribution in [2.45, 2.75) is 30.7 Å². The highest BCUT2D eigenvalue weighted by molar-refractivity contribution is 5.33. The highest BCUT2D eigenvalue weighted by Gasteiger charge is 2.34. The van der Waals surface area contributed by atoms with Gasteiger partial charge in [-0.05, 0) is 30.4 Å². The van der Waals surface area contributed by atoms with E-state index >= 15 is 0 Å². The number of rotatable bonds is 2. The van der Waals surface area contributed by atoms with Crippen molar-refractivity contribution in [2.75, 3.05) is 13.2 Å². The minimum atomic E-state index is -0.0272. The van der Waals surface area contributed by atoms with Gasteiger partial charge in [-0.2, -0.15) is 0 Å². The van der Waals surface area contributed by atoms with E-state index in [1.807, 2.05) is 0 Å². The summed E-state index contributed by atoms with van der Waals surface area (Å²) in [6, 6.07) is 8.78. The van der Waals surface area contributed by atoms with Gasteiger partial charge in [0.15, 0.2) is 0 Å². The number of hydrogen-bond donors (Lipinski definition) is 1. The monoisotopic (exact) mass is 203 g/mol. The average Bonchev–Trinajstić information content (AvgIpc) is 2.12. The highest BCUT2D eigenvalue weighted by Crippen LogP contribution is 2.39. The molecule has 1 aromatic carbocycles. The normalized spacial score (nSPS) is 24.3. The summed E-state index contributed by atoms with van der Waals surface area (Å²) in [7, 11) is 0. The van der Waals surface area contributed by atoms with E-state index in [1.165, 1.54) is 17.5 Å². The third kappa shape index (κ3) is 1.48. The van der Waals surface area contributed by atoms with Gasteiger partial charge in [0.05, 0.1) is 13.2 Å². The van der Waals surface area contributed by atoms with E-state index in [4.69, 9.17) is 10.5 Å². The minimum absolute atomic E-state index is 0.0272. The summed E-state index contributed by atoms with van der Waals surface area (Å²) in [4.78, 5) is 0. The van der Waals surface area contributed by atoms with Crippen molar-refractivity contribution in [1.82, 2.24) is 0 Å². The topological polar surface area (TPSA) is 35.2 Å². The largest absolute Gasteiger partial charge is 0.380 e. The molecule has 0 bridgehead atoms. The third-order valence-corrected chi connectivity index (χ3v) is 3.82. The molecule has 1 heterocycles. The molecule has 1 aliphatic carbocycles. The molecule has 2 aliphatic rings. The van der Waals surface area contributed by atoms with Crippen LogP contribution in [0.2, 0.25) is 0 Å². The maximum Gasteiger partial charge on any atom is 0.0557 e. The van der Waals surface area contributed by atoms with Crippen LogP contribution >= 0.6 is 0 Å². The van der Waals surface area contributed by atoms with Crippen molar-refractivity contribution in [3.05, 3.63) is 35.4 Å². The van der Waals surface area contributed by atoms with Crippen molar-refractivity contribution in [2.24, 2.45) is 5.73 Å². The summed E-state index contributed by atoms with van der Waals surface area (Å²) in [5.74, 6) is 0.605. The molecule has 1 saturated carbocycles. The van der Waals surface area contributed by atoms with E-state index in [9.17, 15) is 0 Å². The Hall–Kier alpha value is -0.860. The molecule has 2 heteroatoms. The first-order chi connectivity index (χ1) is 7.28. The highest BCUT2D eigenvalue weighted by atomic mass is 16.5. The lowest BCUT2D eigenvalue weighted by atomic mass is 9.72. The van der Waals surface area contributed by atoms with Crippen LogP contribution < -0.4 is 5.73 Å². The van der Waals surface area contributed by atoms with Crippen LogP contribution in [0.1, 0.15) is 36.3 Å². The average molecular weight is 203 g/mol. The Bertz CT molecular complexity index is 367. The molecule has 2 nitrogen and oxygen atoms in total. The molecule has 0 atom stereocenters. The van der Waals surface area contributed by atoms with Crippen LogP contribution in [0.4, 0.5) is 0 Å². The summed E-state index contributed by atoms with van der Waals surface area (Å²) in [5, 5.41) is 0. The molecule has 2 N–H and O–H groups in total. The SMILES string of the molecule is NC1(c2cccc(C3COC3)c2)CCC1. The fourth-order valence-electron chi connectivity index (χ4n) is 2.38. The minimum Gasteiger partial charge on any atom is -0.380 e. The second kappa shape index (κ2) is 3.32. The lowest BCUT2D eigenvalue weighted by Crippen LogP contribution is -2.43. The van der Waals surface area contributed by atoms with E-state index < -0.39 is 0 Å². The zero-order valence-electron chi connectivity index (χ0n) is 8.91. The van der Waals surface area contributed by atoms with Crippen molar-refractivity contribution >= 4 is 0 Å². The Morgan fingerprint density at radius 2 is 2.07 bits per heavy atom. The van der Waals surface area contributed by atoms with Gasteiger partial charge in [-0.3, -0.25) is 0 Å². The van der Waals surface area contributed by atoms with Crippen LogP contribution in [0.5, 0.6) is 0 Å². The van der Waals surface area contributed by atoms with Crippen LogP contribution in [-0.4, -0.2) is 13.2 Å². The molecule has 1 aliphatic heterocycles. The molecule has 0 aromatic heterocycles. The second-order valence-corrected chi connectivity index (χ2v) is 4.87. The molecule has 1 aromatic rings. The zero-order chi connectivity index (χ0) is 10.3. The van der Waals surface area contributed by atoms with Crippen molar-refractivity contribution in [3.63, 3.8) is 0 Å². The fourth-order valence-corrected chi connectivity index (χ4v) is 2.38. The van der Waals surface area contributed by atoms with Crippen LogP contribution in [0.3, 0.4) is 0 Å². The van der Waals surface area contributed by atoms with E-state index in [2.05, 4.69) is 24.3 Å². The number of nitrogens with two attached hydrogens (primary N) is 1. The van der Waals surface area contributed by atoms with Crippen molar-refractivity contribution < 1.29 is 4.74 Å². The summed E-state index contributed by atoms with van der Waals surface area (Å²) < 4.78 is 5.22. The van der Waals surface area contributed by atoms with Crippen LogP contribution in [0.15, 0.2) is 24.3 Å². The van der Waals surface area contributed by atoms with E-state index in [-0.39, 0.29) is 5.54 Å². The van der Waals surface area contributed by atoms with Gasteiger partial charge in [0.1, 0.15) is 0 Å². The van der Waals surface area contributed by atoms with Gasteiger partial charge in [0.25, 0.3) is 0 Å². The van der Waals surface area contributed by atoms with Gasteiger partial charge < -0.3 is 10.5 Å². The predicted octanol–water partition coefficient (Wildman–Crippen LogP) is 2.14. The Morgan fingerprint density at radius 1 is 1.27 bits per heavy atom. The summed E-state index contributed by atoms with van der Waals surface area (Å²) in [6.07, 6.45) is 3.54. The van der Waals surface area contributed by atoms with Crippen LogP contribution in [0, 0.1) is 0 Å². The predicted molar refractivity (Wildman–Crippen MR) is 59.7 cm³/mol. The lowest BCUT2D eigenvalue weighted by molar-refractivity contribution is 0.00833. The molecule has 0 spiro atoms. The first-order valence-corrected chi connectivity index (χ1v) is 5.75. The molecule has 0 radical (unpaired) electrons. The van der Waals surface area contributed by atoms with E-state index in [0.717, 1.165) is 26.1 Å². The number of ether oxygens (including phenoxy) is 1. The lowest BCUT2D eigenvalue weighted by Gasteiger charge is -2.39. The first kappa shape index (κ1) is 9.37. The zero-order valence-corrected chi connectivity index (χ0v) is 8.91. The van der Waals surface area contributed by atoms with Gasteiger partial charge in [-0.25, -0.2) is 0 Å². The van der Waals surface area contributed by atoms with Gasteiger partial charge >= 0.3 is 0 Å². The van der Waals surface area contributed by atoms with Crippen LogP contribution in [0.25, 0.3) is 0 Å².